The molecular weight excluding hydrogens is 383 g/mol. The number of carboxylic acids is 1. The van der Waals surface area contributed by atoms with Gasteiger partial charge in [-0.2, -0.15) is 4.98 Å². The molecule has 0 atom stereocenters. The van der Waals surface area contributed by atoms with Gasteiger partial charge < -0.3 is 9.63 Å². The minimum absolute atomic E-state index is 0.222. The summed E-state index contributed by atoms with van der Waals surface area (Å²) >= 11 is 2.21. The highest BCUT2D eigenvalue weighted by atomic mass is 127. The highest BCUT2D eigenvalue weighted by Crippen LogP contribution is 2.26. The lowest BCUT2D eigenvalue weighted by atomic mass is 10.1. The molecular formula is C15H9IN2O3. The van der Waals surface area contributed by atoms with Crippen LogP contribution in [0, 0.1) is 3.57 Å². The van der Waals surface area contributed by atoms with E-state index < -0.39 is 5.97 Å². The second kappa shape index (κ2) is 5.65. The van der Waals surface area contributed by atoms with Crippen LogP contribution in [0.15, 0.2) is 53.1 Å². The van der Waals surface area contributed by atoms with Crippen molar-refractivity contribution in [3.05, 3.63) is 57.7 Å². The normalized spacial score (nSPS) is 10.5. The Morgan fingerprint density at radius 2 is 1.81 bits per heavy atom. The molecule has 0 fully saturated rings. The van der Waals surface area contributed by atoms with Crippen molar-refractivity contribution in [2.24, 2.45) is 0 Å². The molecule has 0 saturated carbocycles. The van der Waals surface area contributed by atoms with Gasteiger partial charge in [0, 0.05) is 9.13 Å². The molecule has 21 heavy (non-hydrogen) atoms. The zero-order valence-electron chi connectivity index (χ0n) is 10.7. The fraction of sp³-hybridized carbons (Fsp3) is 0. The van der Waals surface area contributed by atoms with E-state index in [9.17, 15) is 4.79 Å². The van der Waals surface area contributed by atoms with Crippen LogP contribution in [-0.2, 0) is 0 Å². The van der Waals surface area contributed by atoms with Crippen molar-refractivity contribution < 1.29 is 14.4 Å². The zero-order valence-corrected chi connectivity index (χ0v) is 12.8. The predicted octanol–water partition coefficient (Wildman–Crippen LogP) is 3.71. The van der Waals surface area contributed by atoms with Gasteiger partial charge in [-0.15, -0.1) is 0 Å². The van der Waals surface area contributed by atoms with E-state index >= 15 is 0 Å². The molecule has 6 heteroatoms. The highest BCUT2D eigenvalue weighted by Gasteiger charge is 2.13. The van der Waals surface area contributed by atoms with Crippen LogP contribution >= 0.6 is 22.6 Å². The molecule has 3 rings (SSSR count). The van der Waals surface area contributed by atoms with Gasteiger partial charge >= 0.3 is 5.97 Å². The van der Waals surface area contributed by atoms with Crippen molar-refractivity contribution >= 4 is 28.6 Å². The number of rotatable bonds is 3. The second-order valence-electron chi connectivity index (χ2n) is 4.29. The Kier molecular flexibility index (Phi) is 3.70. The van der Waals surface area contributed by atoms with E-state index in [1.54, 1.807) is 12.1 Å². The first-order valence-electron chi connectivity index (χ1n) is 6.07. The van der Waals surface area contributed by atoms with E-state index in [1.807, 2.05) is 24.3 Å². The summed E-state index contributed by atoms with van der Waals surface area (Å²) in [5, 5.41) is 12.8. The number of halogens is 1. The summed E-state index contributed by atoms with van der Waals surface area (Å²) < 4.78 is 6.30. The number of benzene rings is 2. The second-order valence-corrected chi connectivity index (χ2v) is 5.45. The van der Waals surface area contributed by atoms with E-state index in [1.165, 1.54) is 12.1 Å². The Morgan fingerprint density at radius 1 is 1.10 bits per heavy atom. The average molecular weight is 392 g/mol. The molecule has 0 radical (unpaired) electrons. The summed E-state index contributed by atoms with van der Waals surface area (Å²) in [5.74, 6) is -0.0897. The van der Waals surface area contributed by atoms with E-state index in [2.05, 4.69) is 32.7 Å². The summed E-state index contributed by atoms with van der Waals surface area (Å²) in [6.45, 7) is 0. The fourth-order valence-corrected chi connectivity index (χ4v) is 2.46. The first-order valence-corrected chi connectivity index (χ1v) is 7.15. The standard InChI is InChI=1S/C15H9IN2O3/c16-12-4-2-1-3-11(12)14-17-13(18-21-14)9-5-7-10(8-6-9)15(19)20/h1-8H,(H,19,20). The van der Waals surface area contributed by atoms with E-state index in [4.69, 9.17) is 9.63 Å². The highest BCUT2D eigenvalue weighted by molar-refractivity contribution is 14.1. The molecule has 3 aromatic rings. The monoisotopic (exact) mass is 392 g/mol. The molecule has 0 aliphatic heterocycles. The Morgan fingerprint density at radius 3 is 2.48 bits per heavy atom. The number of aromatic nitrogens is 2. The van der Waals surface area contributed by atoms with Gasteiger partial charge in [-0.3, -0.25) is 0 Å². The van der Waals surface area contributed by atoms with Gasteiger partial charge in [-0.05, 0) is 46.9 Å². The molecule has 0 saturated heterocycles. The molecule has 0 unspecified atom stereocenters. The van der Waals surface area contributed by atoms with Crippen molar-refractivity contribution in [1.29, 1.82) is 0 Å². The van der Waals surface area contributed by atoms with Crippen molar-refractivity contribution in [2.45, 2.75) is 0 Å². The van der Waals surface area contributed by atoms with E-state index in [-0.39, 0.29) is 5.56 Å². The predicted molar refractivity (Wildman–Crippen MR) is 84.8 cm³/mol. The lowest BCUT2D eigenvalue weighted by molar-refractivity contribution is 0.0697. The maximum atomic E-state index is 10.8. The van der Waals surface area contributed by atoms with Gasteiger partial charge in [0.2, 0.25) is 5.82 Å². The van der Waals surface area contributed by atoms with Gasteiger partial charge in [-0.1, -0.05) is 29.4 Å². The maximum Gasteiger partial charge on any atom is 0.335 e. The molecule has 104 valence electrons. The largest absolute Gasteiger partial charge is 0.478 e. The van der Waals surface area contributed by atoms with Gasteiger partial charge in [0.1, 0.15) is 0 Å². The zero-order chi connectivity index (χ0) is 14.8. The van der Waals surface area contributed by atoms with Crippen LogP contribution in [0.2, 0.25) is 0 Å². The van der Waals surface area contributed by atoms with Crippen LogP contribution in [0.5, 0.6) is 0 Å². The van der Waals surface area contributed by atoms with Gasteiger partial charge in [0.05, 0.1) is 11.1 Å². The quantitative estimate of drug-likeness (QED) is 0.688. The van der Waals surface area contributed by atoms with Crippen molar-refractivity contribution in [1.82, 2.24) is 10.1 Å². The van der Waals surface area contributed by atoms with E-state index in [0.29, 0.717) is 17.3 Å². The Balaban J connectivity index is 1.95. The molecule has 0 aliphatic rings. The van der Waals surface area contributed by atoms with Crippen molar-refractivity contribution in [3.8, 4) is 22.8 Å². The molecule has 0 aliphatic carbocycles. The number of nitrogens with zero attached hydrogens (tertiary/aromatic N) is 2. The summed E-state index contributed by atoms with van der Waals surface area (Å²) in [4.78, 5) is 15.2. The van der Waals surface area contributed by atoms with Crippen LogP contribution in [-0.4, -0.2) is 21.2 Å². The molecule has 0 spiro atoms. The Bertz CT molecular complexity index is 797. The number of hydrogen-bond acceptors (Lipinski definition) is 4. The topological polar surface area (TPSA) is 76.2 Å². The smallest absolute Gasteiger partial charge is 0.335 e. The SMILES string of the molecule is O=C(O)c1ccc(-c2noc(-c3ccccc3I)n2)cc1. The molecule has 1 N–H and O–H groups in total. The van der Waals surface area contributed by atoms with Crippen LogP contribution in [0.3, 0.4) is 0 Å². The minimum Gasteiger partial charge on any atom is -0.478 e. The van der Waals surface area contributed by atoms with Crippen molar-refractivity contribution in [3.63, 3.8) is 0 Å². The average Bonchev–Trinajstić information content (AvgIpc) is 2.97. The summed E-state index contributed by atoms with van der Waals surface area (Å²) in [6, 6.07) is 14.1. The number of aromatic carboxylic acids is 1. The summed E-state index contributed by atoms with van der Waals surface area (Å²) in [7, 11) is 0. The Hall–Kier alpha value is -2.22. The molecule has 0 amide bonds. The van der Waals surface area contributed by atoms with Crippen LogP contribution in [0.4, 0.5) is 0 Å². The maximum absolute atomic E-state index is 10.8. The van der Waals surface area contributed by atoms with Gasteiger partial charge in [0.15, 0.2) is 0 Å². The third-order valence-corrected chi connectivity index (χ3v) is 3.86. The molecule has 0 bridgehead atoms. The third kappa shape index (κ3) is 2.80. The number of hydrogen-bond donors (Lipinski definition) is 1. The summed E-state index contributed by atoms with van der Waals surface area (Å²) in [5.41, 5.74) is 1.81. The van der Waals surface area contributed by atoms with E-state index in [0.717, 1.165) is 9.13 Å². The number of carbonyl (C=O) groups is 1. The lowest BCUT2D eigenvalue weighted by Gasteiger charge is -1.97. The van der Waals surface area contributed by atoms with Gasteiger partial charge in [-0.25, -0.2) is 4.79 Å². The first kappa shape index (κ1) is 13.7. The summed E-state index contributed by atoms with van der Waals surface area (Å²) in [6.07, 6.45) is 0. The van der Waals surface area contributed by atoms with Crippen LogP contribution < -0.4 is 0 Å². The van der Waals surface area contributed by atoms with Crippen LogP contribution in [0.25, 0.3) is 22.8 Å². The molecule has 1 heterocycles. The lowest BCUT2D eigenvalue weighted by Crippen LogP contribution is -1.95. The molecule has 2 aromatic carbocycles. The Labute approximate surface area is 133 Å². The van der Waals surface area contributed by atoms with Crippen molar-refractivity contribution in [2.75, 3.05) is 0 Å². The van der Waals surface area contributed by atoms with Crippen LogP contribution in [0.1, 0.15) is 10.4 Å². The fourth-order valence-electron chi connectivity index (χ4n) is 1.85. The first-order chi connectivity index (χ1) is 10.1. The third-order valence-electron chi connectivity index (χ3n) is 2.92. The van der Waals surface area contributed by atoms with Gasteiger partial charge in [0.25, 0.3) is 5.89 Å². The number of carboxylic acid groups (broad SMARTS) is 1. The molecule has 1 aromatic heterocycles. The minimum atomic E-state index is -0.964. The molecule has 5 nitrogen and oxygen atoms in total.